The average molecular weight is 268 g/mol. The molecule has 0 unspecified atom stereocenters. The van der Waals surface area contributed by atoms with Crippen LogP contribution in [0, 0.1) is 6.92 Å². The van der Waals surface area contributed by atoms with E-state index in [1.165, 1.54) is 0 Å². The van der Waals surface area contributed by atoms with Gasteiger partial charge in [-0.2, -0.15) is 4.98 Å². The van der Waals surface area contributed by atoms with E-state index in [1.807, 2.05) is 20.0 Å². The van der Waals surface area contributed by atoms with Gasteiger partial charge in [-0.25, -0.2) is 4.98 Å². The van der Waals surface area contributed by atoms with Gasteiger partial charge < -0.3 is 10.6 Å². The molecule has 1 aliphatic rings. The van der Waals surface area contributed by atoms with Crippen LogP contribution < -0.4 is 10.6 Å². The minimum Gasteiger partial charge on any atom is -0.367 e. The van der Waals surface area contributed by atoms with Gasteiger partial charge in [0.05, 0.1) is 0 Å². The third-order valence-electron chi connectivity index (χ3n) is 3.04. The van der Waals surface area contributed by atoms with E-state index in [0.717, 1.165) is 42.3 Å². The van der Waals surface area contributed by atoms with Gasteiger partial charge in [-0.1, -0.05) is 0 Å². The Bertz CT molecular complexity index is 428. The maximum Gasteiger partial charge on any atom is 0.224 e. The maximum absolute atomic E-state index is 11.3. The van der Waals surface area contributed by atoms with Crippen LogP contribution in [0.5, 0.6) is 0 Å². The highest BCUT2D eigenvalue weighted by Gasteiger charge is 2.18. The highest BCUT2D eigenvalue weighted by atomic mass is 32.2. The van der Waals surface area contributed by atoms with Crippen molar-refractivity contribution in [3.8, 4) is 0 Å². The molecule has 0 radical (unpaired) electrons. The second kappa shape index (κ2) is 6.13. The quantitative estimate of drug-likeness (QED) is 0.867. The molecule has 2 heterocycles. The van der Waals surface area contributed by atoms with Gasteiger partial charge in [0.15, 0.2) is 0 Å². The van der Waals surface area contributed by atoms with Crippen molar-refractivity contribution >= 4 is 22.6 Å². The molecule has 1 fully saturated rings. The molecule has 0 spiro atoms. The number of aromatic nitrogens is 2. The van der Waals surface area contributed by atoms with Crippen molar-refractivity contribution in [1.82, 2.24) is 9.97 Å². The van der Waals surface area contributed by atoms with Gasteiger partial charge in [-0.15, -0.1) is 0 Å². The van der Waals surface area contributed by atoms with Crippen LogP contribution in [-0.2, 0) is 10.8 Å². The molecule has 2 N–H and O–H groups in total. The summed E-state index contributed by atoms with van der Waals surface area (Å²) in [6.07, 6.45) is 3.73. The second-order valence-corrected chi connectivity index (χ2v) is 6.22. The summed E-state index contributed by atoms with van der Waals surface area (Å²) in [6.45, 7) is 4.83. The van der Waals surface area contributed by atoms with Gasteiger partial charge in [0.2, 0.25) is 5.95 Å². The van der Waals surface area contributed by atoms with E-state index in [2.05, 4.69) is 20.6 Å². The molecular weight excluding hydrogens is 248 g/mol. The number of nitrogens with one attached hydrogen (secondary N) is 2. The molecule has 18 heavy (non-hydrogen) atoms. The monoisotopic (exact) mass is 268 g/mol. The van der Waals surface area contributed by atoms with E-state index in [0.29, 0.717) is 12.0 Å². The third-order valence-corrected chi connectivity index (χ3v) is 4.42. The summed E-state index contributed by atoms with van der Waals surface area (Å²) in [5.41, 5.74) is 1.04. The summed E-state index contributed by atoms with van der Waals surface area (Å²) in [5, 5.41) is 6.55. The molecule has 6 heteroatoms. The molecule has 2 rings (SSSR count). The lowest BCUT2D eigenvalue weighted by molar-refractivity contribution is 0.622. The summed E-state index contributed by atoms with van der Waals surface area (Å²) in [6, 6.07) is 0.380. The van der Waals surface area contributed by atoms with Crippen molar-refractivity contribution in [3.63, 3.8) is 0 Å². The van der Waals surface area contributed by atoms with Crippen molar-refractivity contribution in [2.75, 3.05) is 28.7 Å². The zero-order chi connectivity index (χ0) is 13.0. The zero-order valence-corrected chi connectivity index (χ0v) is 11.7. The Kier molecular flexibility index (Phi) is 4.52. The van der Waals surface area contributed by atoms with Crippen LogP contribution in [0.15, 0.2) is 6.20 Å². The van der Waals surface area contributed by atoms with E-state index in [4.69, 9.17) is 0 Å². The van der Waals surface area contributed by atoms with Gasteiger partial charge in [0.25, 0.3) is 0 Å². The van der Waals surface area contributed by atoms with Crippen molar-refractivity contribution in [2.24, 2.45) is 0 Å². The van der Waals surface area contributed by atoms with Crippen molar-refractivity contribution in [1.29, 1.82) is 0 Å². The van der Waals surface area contributed by atoms with Crippen LogP contribution >= 0.6 is 0 Å². The molecule has 1 aromatic rings. The van der Waals surface area contributed by atoms with E-state index < -0.39 is 10.8 Å². The second-order valence-electron chi connectivity index (χ2n) is 4.52. The standard InChI is InChI=1S/C12H20N4OS/c1-3-13-12-14-8-9(2)11(16-12)15-10-4-6-18(17)7-5-10/h8,10H,3-7H2,1-2H3,(H2,13,14,15,16). The molecule has 1 aromatic heterocycles. The maximum atomic E-state index is 11.3. The van der Waals surface area contributed by atoms with Gasteiger partial charge in [0.1, 0.15) is 5.82 Å². The number of hydrogen-bond donors (Lipinski definition) is 2. The number of anilines is 2. The SMILES string of the molecule is CCNc1ncc(C)c(NC2CCS(=O)CC2)n1. The molecule has 0 aliphatic carbocycles. The van der Waals surface area contributed by atoms with Crippen molar-refractivity contribution in [3.05, 3.63) is 11.8 Å². The van der Waals surface area contributed by atoms with Gasteiger partial charge in [0, 0.05) is 46.7 Å². The fraction of sp³-hybridized carbons (Fsp3) is 0.667. The lowest BCUT2D eigenvalue weighted by Gasteiger charge is -2.23. The first-order chi connectivity index (χ1) is 8.69. The van der Waals surface area contributed by atoms with Crippen molar-refractivity contribution < 1.29 is 4.21 Å². The van der Waals surface area contributed by atoms with Gasteiger partial charge >= 0.3 is 0 Å². The predicted octanol–water partition coefficient (Wildman–Crippen LogP) is 1.54. The number of hydrogen-bond acceptors (Lipinski definition) is 5. The zero-order valence-electron chi connectivity index (χ0n) is 10.9. The molecule has 0 aromatic carbocycles. The molecule has 100 valence electrons. The predicted molar refractivity (Wildman–Crippen MR) is 75.5 cm³/mol. The molecule has 0 atom stereocenters. The summed E-state index contributed by atoms with van der Waals surface area (Å²) in [4.78, 5) is 8.69. The van der Waals surface area contributed by atoms with E-state index in [9.17, 15) is 4.21 Å². The average Bonchev–Trinajstić information content (AvgIpc) is 2.36. The lowest BCUT2D eigenvalue weighted by atomic mass is 10.1. The number of rotatable bonds is 4. The first-order valence-electron chi connectivity index (χ1n) is 6.38. The lowest BCUT2D eigenvalue weighted by Crippen LogP contribution is -2.30. The Labute approximate surface area is 110 Å². The number of aryl methyl sites for hydroxylation is 1. The van der Waals surface area contributed by atoms with Crippen LogP contribution in [0.25, 0.3) is 0 Å². The van der Waals surface area contributed by atoms with E-state index in [-0.39, 0.29) is 0 Å². The summed E-state index contributed by atoms with van der Waals surface area (Å²) < 4.78 is 11.3. The molecule has 0 amide bonds. The fourth-order valence-corrected chi connectivity index (χ4v) is 3.26. The minimum atomic E-state index is -0.617. The largest absolute Gasteiger partial charge is 0.367 e. The molecule has 1 aliphatic heterocycles. The van der Waals surface area contributed by atoms with E-state index in [1.54, 1.807) is 0 Å². The van der Waals surface area contributed by atoms with Gasteiger partial charge in [-0.3, -0.25) is 4.21 Å². The van der Waals surface area contributed by atoms with Crippen LogP contribution in [0.1, 0.15) is 25.3 Å². The molecule has 0 bridgehead atoms. The van der Waals surface area contributed by atoms with Crippen LogP contribution in [0.4, 0.5) is 11.8 Å². The Hall–Kier alpha value is -1.17. The van der Waals surface area contributed by atoms with Crippen LogP contribution in [0.3, 0.4) is 0 Å². The number of nitrogens with zero attached hydrogens (tertiary/aromatic N) is 2. The summed E-state index contributed by atoms with van der Waals surface area (Å²) in [5.74, 6) is 3.13. The van der Waals surface area contributed by atoms with Crippen molar-refractivity contribution in [2.45, 2.75) is 32.7 Å². The highest BCUT2D eigenvalue weighted by Crippen LogP contribution is 2.18. The normalized spacial score (nSPS) is 23.7. The van der Waals surface area contributed by atoms with Gasteiger partial charge in [-0.05, 0) is 26.7 Å². The topological polar surface area (TPSA) is 66.9 Å². The summed E-state index contributed by atoms with van der Waals surface area (Å²) in [7, 11) is -0.617. The Morgan fingerprint density at radius 2 is 2.17 bits per heavy atom. The molecule has 5 nitrogen and oxygen atoms in total. The molecule has 1 saturated heterocycles. The Morgan fingerprint density at radius 3 is 2.83 bits per heavy atom. The summed E-state index contributed by atoms with van der Waals surface area (Å²) >= 11 is 0. The minimum absolute atomic E-state index is 0.380. The van der Waals surface area contributed by atoms with E-state index >= 15 is 0 Å². The van der Waals surface area contributed by atoms with Crippen LogP contribution in [-0.4, -0.2) is 38.3 Å². The first kappa shape index (κ1) is 13.3. The molecular formula is C12H20N4OS. The van der Waals surface area contributed by atoms with Crippen LogP contribution in [0.2, 0.25) is 0 Å². The Morgan fingerprint density at radius 1 is 1.44 bits per heavy atom. The third kappa shape index (κ3) is 3.41. The molecule has 0 saturated carbocycles. The Balaban J connectivity index is 2.03. The first-order valence-corrected chi connectivity index (χ1v) is 7.87. The smallest absolute Gasteiger partial charge is 0.224 e. The highest BCUT2D eigenvalue weighted by molar-refractivity contribution is 7.85. The fourth-order valence-electron chi connectivity index (χ4n) is 1.96.